The van der Waals surface area contributed by atoms with Crippen LogP contribution < -0.4 is 5.32 Å². The van der Waals surface area contributed by atoms with E-state index in [-0.39, 0.29) is 30.7 Å². The second-order valence-electron chi connectivity index (χ2n) is 10.9. The van der Waals surface area contributed by atoms with Crippen LogP contribution in [-0.2, 0) is 33.7 Å². The summed E-state index contributed by atoms with van der Waals surface area (Å²) in [6, 6.07) is 23.2. The molecule has 4 aromatic rings. The molecule has 1 N–H and O–H groups in total. The van der Waals surface area contributed by atoms with Crippen LogP contribution in [0.1, 0.15) is 40.5 Å². The molecule has 3 amide bonds. The number of benzene rings is 3. The summed E-state index contributed by atoms with van der Waals surface area (Å²) in [5, 5.41) is 2.49. The van der Waals surface area contributed by atoms with Crippen LogP contribution in [0, 0.1) is 0 Å². The first kappa shape index (κ1) is 31.9. The minimum atomic E-state index is -4.48. The molecular formula is C34H29F3N4O5S. The van der Waals surface area contributed by atoms with Gasteiger partial charge in [0, 0.05) is 12.2 Å². The Kier molecular flexibility index (Phi) is 9.34. The van der Waals surface area contributed by atoms with Gasteiger partial charge >= 0.3 is 12.3 Å². The lowest BCUT2D eigenvalue weighted by molar-refractivity contribution is -0.137. The van der Waals surface area contributed by atoms with E-state index in [4.69, 9.17) is 9.15 Å². The van der Waals surface area contributed by atoms with Crippen molar-refractivity contribution in [1.82, 2.24) is 9.80 Å². The lowest BCUT2D eigenvalue weighted by atomic mass is 10.1. The van der Waals surface area contributed by atoms with Gasteiger partial charge in [-0.05, 0) is 72.5 Å². The quantitative estimate of drug-likeness (QED) is 0.209. The molecule has 3 aromatic carbocycles. The van der Waals surface area contributed by atoms with E-state index in [9.17, 15) is 27.6 Å². The average molecular weight is 663 g/mol. The molecule has 13 heteroatoms. The Balaban J connectivity index is 1.13. The van der Waals surface area contributed by atoms with Crippen LogP contribution in [0.3, 0.4) is 0 Å². The number of nitrogens with zero attached hydrogens (tertiary/aromatic N) is 3. The smallest absolute Gasteiger partial charge is 0.416 e. The van der Waals surface area contributed by atoms with Gasteiger partial charge in [-0.2, -0.15) is 13.2 Å². The fourth-order valence-electron chi connectivity index (χ4n) is 5.32. The third kappa shape index (κ3) is 7.51. The summed E-state index contributed by atoms with van der Waals surface area (Å²) in [6.07, 6.45) is -2.37. The lowest BCUT2D eigenvalue weighted by Crippen LogP contribution is -2.43. The number of carbonyl (C=O) groups excluding carboxylic acids is 3. The van der Waals surface area contributed by atoms with Crippen LogP contribution in [0.5, 0.6) is 0 Å². The van der Waals surface area contributed by atoms with Gasteiger partial charge in [0.15, 0.2) is 5.17 Å². The Morgan fingerprint density at radius 2 is 1.72 bits per heavy atom. The van der Waals surface area contributed by atoms with E-state index in [0.29, 0.717) is 41.6 Å². The van der Waals surface area contributed by atoms with Gasteiger partial charge in [-0.15, -0.1) is 0 Å². The first-order valence-electron chi connectivity index (χ1n) is 14.8. The molecule has 0 bridgehead atoms. The maximum atomic E-state index is 13.6. The molecule has 0 saturated carbocycles. The summed E-state index contributed by atoms with van der Waals surface area (Å²) in [4.78, 5) is 46.9. The van der Waals surface area contributed by atoms with Crippen LogP contribution in [0.4, 0.5) is 29.3 Å². The highest BCUT2D eigenvalue weighted by Crippen LogP contribution is 2.42. The number of amides is 3. The van der Waals surface area contributed by atoms with Crippen molar-refractivity contribution in [2.75, 3.05) is 11.9 Å². The molecule has 0 spiro atoms. The molecule has 2 aliphatic rings. The van der Waals surface area contributed by atoms with Gasteiger partial charge in [0.05, 0.1) is 24.1 Å². The third-order valence-electron chi connectivity index (χ3n) is 7.73. The molecule has 2 fully saturated rings. The summed E-state index contributed by atoms with van der Waals surface area (Å²) >= 11 is 1.17. The molecule has 242 valence electrons. The summed E-state index contributed by atoms with van der Waals surface area (Å²) in [5.41, 5.74) is 1.46. The molecule has 2 aliphatic heterocycles. The first-order valence-corrected chi connectivity index (χ1v) is 15.7. The number of aliphatic imine (C=N–C) groups is 1. The fraction of sp³-hybridized carbons (Fsp3) is 0.235. The van der Waals surface area contributed by atoms with E-state index in [2.05, 4.69) is 10.3 Å². The van der Waals surface area contributed by atoms with Gasteiger partial charge in [0.1, 0.15) is 23.7 Å². The van der Waals surface area contributed by atoms with E-state index in [1.54, 1.807) is 36.4 Å². The van der Waals surface area contributed by atoms with Crippen molar-refractivity contribution < 1.29 is 36.7 Å². The molecular weight excluding hydrogens is 633 g/mol. The van der Waals surface area contributed by atoms with E-state index in [1.165, 1.54) is 40.0 Å². The molecule has 1 unspecified atom stereocenters. The highest BCUT2D eigenvalue weighted by Gasteiger charge is 2.40. The third-order valence-corrected chi connectivity index (χ3v) is 8.97. The largest absolute Gasteiger partial charge is 0.467 e. The van der Waals surface area contributed by atoms with Crippen molar-refractivity contribution in [3.05, 3.63) is 120 Å². The van der Waals surface area contributed by atoms with E-state index in [1.807, 2.05) is 30.3 Å². The zero-order valence-electron chi connectivity index (χ0n) is 24.9. The topological polar surface area (TPSA) is 104 Å². The Morgan fingerprint density at radius 3 is 2.40 bits per heavy atom. The number of alkyl halides is 3. The molecule has 47 heavy (non-hydrogen) atoms. The van der Waals surface area contributed by atoms with Crippen molar-refractivity contribution in [1.29, 1.82) is 0 Å². The van der Waals surface area contributed by atoms with Gasteiger partial charge in [0.2, 0.25) is 11.8 Å². The number of halogens is 3. The van der Waals surface area contributed by atoms with Crippen LogP contribution in [0.15, 0.2) is 107 Å². The fourth-order valence-corrected chi connectivity index (χ4v) is 6.49. The minimum absolute atomic E-state index is 0.0919. The number of amidine groups is 1. The normalized spacial score (nSPS) is 19.0. The van der Waals surface area contributed by atoms with Gasteiger partial charge < -0.3 is 14.5 Å². The maximum Gasteiger partial charge on any atom is 0.416 e. The van der Waals surface area contributed by atoms with E-state index < -0.39 is 29.1 Å². The van der Waals surface area contributed by atoms with Crippen molar-refractivity contribution in [3.63, 3.8) is 0 Å². The number of anilines is 1. The predicted molar refractivity (Wildman–Crippen MR) is 170 cm³/mol. The number of carbonyl (C=O) groups is 3. The molecule has 0 radical (unpaired) electrons. The zero-order valence-corrected chi connectivity index (χ0v) is 25.7. The highest BCUT2D eigenvalue weighted by molar-refractivity contribution is 8.15. The minimum Gasteiger partial charge on any atom is -0.467 e. The number of nitrogens with one attached hydrogen (secondary N) is 1. The van der Waals surface area contributed by atoms with Crippen LogP contribution in [-0.4, -0.2) is 45.5 Å². The number of likely N-dealkylation sites (tertiary alicyclic amines) is 1. The number of hydrogen-bond donors (Lipinski definition) is 1. The Hall–Kier alpha value is -5.04. The first-order chi connectivity index (χ1) is 22.7. The SMILES string of the molecule is O=C(Nc1ccc(C2SC(=Nc3ccc(C(F)(F)F)cc3)N(Cc3ccco3)C2=O)cc1)[C@H]1CCCN1C(=O)OCc1ccccc1. The summed E-state index contributed by atoms with van der Waals surface area (Å²) in [7, 11) is 0. The monoisotopic (exact) mass is 662 g/mol. The number of hydrogen-bond acceptors (Lipinski definition) is 7. The summed E-state index contributed by atoms with van der Waals surface area (Å²) < 4.78 is 50.0. The highest BCUT2D eigenvalue weighted by atomic mass is 32.2. The number of rotatable bonds is 8. The standard InChI is InChI=1S/C34H29F3N4O5S/c35-34(36,37)24-12-16-26(17-13-24)39-32-41(20-27-8-5-19-45-27)31(43)29(47-32)23-10-14-25(15-11-23)38-30(42)28-9-4-18-40(28)33(44)46-21-22-6-2-1-3-7-22/h1-3,5-8,10-17,19,28-29H,4,9,18,20-21H2,(H,38,42)/t28-,29?/m1/s1. The van der Waals surface area contributed by atoms with Crippen LogP contribution in [0.2, 0.25) is 0 Å². The second kappa shape index (κ2) is 13.8. The molecule has 9 nitrogen and oxygen atoms in total. The Labute approximate surface area is 272 Å². The average Bonchev–Trinajstić information content (AvgIpc) is 3.83. The van der Waals surface area contributed by atoms with E-state index in [0.717, 1.165) is 17.7 Å². The summed E-state index contributed by atoms with van der Waals surface area (Å²) in [5.74, 6) is -0.0963. The summed E-state index contributed by atoms with van der Waals surface area (Å²) in [6.45, 7) is 0.616. The Bertz CT molecular complexity index is 1750. The maximum absolute atomic E-state index is 13.6. The van der Waals surface area contributed by atoms with Gasteiger partial charge in [-0.1, -0.05) is 54.2 Å². The second-order valence-corrected chi connectivity index (χ2v) is 12.0. The molecule has 6 rings (SSSR count). The molecule has 0 aliphatic carbocycles. The predicted octanol–water partition coefficient (Wildman–Crippen LogP) is 7.54. The van der Waals surface area contributed by atoms with Crippen LogP contribution >= 0.6 is 11.8 Å². The number of thioether (sulfide) groups is 1. The zero-order chi connectivity index (χ0) is 33.0. The van der Waals surface area contributed by atoms with Gasteiger partial charge in [-0.25, -0.2) is 9.79 Å². The van der Waals surface area contributed by atoms with Gasteiger partial charge in [0.25, 0.3) is 0 Å². The lowest BCUT2D eigenvalue weighted by Gasteiger charge is -2.23. The Morgan fingerprint density at radius 1 is 0.979 bits per heavy atom. The van der Waals surface area contributed by atoms with E-state index >= 15 is 0 Å². The van der Waals surface area contributed by atoms with Crippen LogP contribution in [0.25, 0.3) is 0 Å². The number of furan rings is 1. The molecule has 2 atom stereocenters. The molecule has 3 heterocycles. The molecule has 1 aromatic heterocycles. The van der Waals surface area contributed by atoms with Gasteiger partial charge in [-0.3, -0.25) is 19.4 Å². The van der Waals surface area contributed by atoms with Crippen molar-refractivity contribution >= 4 is 46.2 Å². The van der Waals surface area contributed by atoms with Crippen molar-refractivity contribution in [3.8, 4) is 0 Å². The molecule has 2 saturated heterocycles. The number of ether oxygens (including phenoxy) is 1. The van der Waals surface area contributed by atoms with Crippen molar-refractivity contribution in [2.24, 2.45) is 4.99 Å². The van der Waals surface area contributed by atoms with Crippen molar-refractivity contribution in [2.45, 2.75) is 43.5 Å².